The van der Waals surface area contributed by atoms with Crippen molar-refractivity contribution in [2.75, 3.05) is 13.2 Å². The van der Waals surface area contributed by atoms with E-state index in [2.05, 4.69) is 5.32 Å². The predicted molar refractivity (Wildman–Crippen MR) is 104 cm³/mol. The van der Waals surface area contributed by atoms with E-state index in [1.165, 1.54) is 19.1 Å². The van der Waals surface area contributed by atoms with Crippen molar-refractivity contribution in [3.63, 3.8) is 0 Å². The smallest absolute Gasteiger partial charge is 0.344 e. The summed E-state index contributed by atoms with van der Waals surface area (Å²) < 4.78 is 10.1. The Labute approximate surface area is 168 Å². The fraction of sp³-hybridized carbons (Fsp3) is 0.238. The molecule has 0 saturated carbocycles. The highest BCUT2D eigenvalue weighted by Gasteiger charge is 2.19. The van der Waals surface area contributed by atoms with Gasteiger partial charge in [-0.05, 0) is 31.0 Å². The van der Waals surface area contributed by atoms with Gasteiger partial charge in [-0.25, -0.2) is 4.79 Å². The van der Waals surface area contributed by atoms with Crippen LogP contribution in [0.4, 0.5) is 0 Å². The van der Waals surface area contributed by atoms with E-state index >= 15 is 0 Å². The summed E-state index contributed by atoms with van der Waals surface area (Å²) in [5.74, 6) is -2.17. The molecule has 2 aromatic carbocycles. The van der Waals surface area contributed by atoms with Gasteiger partial charge in [0.15, 0.2) is 19.0 Å². The van der Waals surface area contributed by atoms with Gasteiger partial charge in [-0.1, -0.05) is 42.5 Å². The molecule has 29 heavy (non-hydrogen) atoms. The molecule has 0 radical (unpaired) electrons. The minimum Gasteiger partial charge on any atom is -0.481 e. The number of ether oxygens (including phenoxy) is 2. The Morgan fingerprint density at radius 1 is 0.966 bits per heavy atom. The van der Waals surface area contributed by atoms with Gasteiger partial charge in [0.1, 0.15) is 5.75 Å². The predicted octanol–water partition coefficient (Wildman–Crippen LogP) is 1.02. The highest BCUT2D eigenvalue weighted by molar-refractivity contribution is 5.95. The normalized spacial score (nSPS) is 11.2. The number of carbonyl (C=O) groups excluding carboxylic acids is 4. The van der Waals surface area contributed by atoms with E-state index in [1.807, 2.05) is 30.3 Å². The van der Waals surface area contributed by atoms with Gasteiger partial charge in [-0.15, -0.1) is 0 Å². The van der Waals surface area contributed by atoms with Gasteiger partial charge in [0.2, 0.25) is 0 Å². The second-order valence-electron chi connectivity index (χ2n) is 6.23. The number of hydrogen-bond acceptors (Lipinski definition) is 6. The summed E-state index contributed by atoms with van der Waals surface area (Å²) in [6.07, 6.45) is 0.336. The molecule has 0 saturated heterocycles. The van der Waals surface area contributed by atoms with E-state index in [1.54, 1.807) is 12.1 Å². The summed E-state index contributed by atoms with van der Waals surface area (Å²) in [5.41, 5.74) is 6.25. The molecular formula is C21H22N2O6. The van der Waals surface area contributed by atoms with E-state index in [-0.39, 0.29) is 17.1 Å². The first-order valence-corrected chi connectivity index (χ1v) is 8.88. The summed E-state index contributed by atoms with van der Waals surface area (Å²) in [4.78, 5) is 46.9. The van der Waals surface area contributed by atoms with E-state index in [4.69, 9.17) is 15.2 Å². The van der Waals surface area contributed by atoms with E-state index in [0.29, 0.717) is 6.42 Å². The number of Topliss-reactive ketones (excluding diaryl/α,β-unsaturated/α-hetero) is 1. The van der Waals surface area contributed by atoms with Crippen LogP contribution in [0.2, 0.25) is 0 Å². The van der Waals surface area contributed by atoms with Gasteiger partial charge in [0.25, 0.3) is 11.8 Å². The van der Waals surface area contributed by atoms with Crippen LogP contribution in [0.5, 0.6) is 5.75 Å². The van der Waals surface area contributed by atoms with Crippen LogP contribution in [0.3, 0.4) is 0 Å². The first-order valence-electron chi connectivity index (χ1n) is 8.88. The maximum Gasteiger partial charge on any atom is 0.344 e. The maximum atomic E-state index is 12.0. The van der Waals surface area contributed by atoms with Gasteiger partial charge in [0, 0.05) is 0 Å². The summed E-state index contributed by atoms with van der Waals surface area (Å²) in [6, 6.07) is 14.7. The molecule has 8 heteroatoms. The lowest BCUT2D eigenvalue weighted by atomic mass is 10.0. The summed E-state index contributed by atoms with van der Waals surface area (Å²) in [6.45, 7) is 0.319. The molecule has 0 bridgehead atoms. The zero-order chi connectivity index (χ0) is 21.2. The molecule has 0 unspecified atom stereocenters. The van der Waals surface area contributed by atoms with Crippen molar-refractivity contribution in [3.8, 4) is 5.75 Å². The molecule has 3 N–H and O–H groups in total. The second kappa shape index (κ2) is 10.6. The van der Waals surface area contributed by atoms with Crippen LogP contribution in [-0.4, -0.2) is 42.8 Å². The van der Waals surface area contributed by atoms with Crippen LogP contribution in [-0.2, 0) is 25.5 Å². The Bertz CT molecular complexity index is 882. The monoisotopic (exact) mass is 398 g/mol. The van der Waals surface area contributed by atoms with Crippen LogP contribution >= 0.6 is 0 Å². The third-order valence-electron chi connectivity index (χ3n) is 3.97. The molecule has 0 aliphatic heterocycles. The maximum absolute atomic E-state index is 12.0. The van der Waals surface area contributed by atoms with Gasteiger partial charge < -0.3 is 20.5 Å². The highest BCUT2D eigenvalue weighted by Crippen LogP contribution is 2.17. The topological polar surface area (TPSA) is 125 Å². The summed E-state index contributed by atoms with van der Waals surface area (Å²) >= 11 is 0. The number of primary amides is 1. The molecule has 0 fully saturated rings. The minimum atomic E-state index is -0.804. The Kier molecular flexibility index (Phi) is 7.90. The van der Waals surface area contributed by atoms with Crippen molar-refractivity contribution in [3.05, 3.63) is 65.7 Å². The molecular weight excluding hydrogens is 376 g/mol. The molecule has 0 spiro atoms. The summed E-state index contributed by atoms with van der Waals surface area (Å²) in [7, 11) is 0. The quantitative estimate of drug-likeness (QED) is 0.576. The number of carbonyl (C=O) groups is 4. The third kappa shape index (κ3) is 7.10. The number of nitrogens with two attached hydrogens (primary N) is 1. The lowest BCUT2D eigenvalue weighted by Gasteiger charge is -2.16. The SMILES string of the molecule is CC(=O)[C@@H](Cc1ccccc1)NC(=O)COC(=O)COc1ccccc1C(N)=O. The molecule has 2 rings (SSSR count). The number of para-hydroxylation sites is 1. The molecule has 0 aliphatic carbocycles. The van der Waals surface area contributed by atoms with Crippen LogP contribution in [0.25, 0.3) is 0 Å². The Hall–Kier alpha value is -3.68. The number of nitrogens with one attached hydrogen (secondary N) is 1. The first-order chi connectivity index (χ1) is 13.9. The molecule has 0 aliphatic rings. The van der Waals surface area contributed by atoms with Crippen molar-refractivity contribution in [2.24, 2.45) is 5.73 Å². The van der Waals surface area contributed by atoms with Gasteiger partial charge in [-0.3, -0.25) is 14.4 Å². The van der Waals surface area contributed by atoms with Crippen molar-refractivity contribution in [1.82, 2.24) is 5.32 Å². The van der Waals surface area contributed by atoms with Crippen molar-refractivity contribution in [2.45, 2.75) is 19.4 Å². The van der Waals surface area contributed by atoms with Gasteiger partial charge in [-0.2, -0.15) is 0 Å². The van der Waals surface area contributed by atoms with Crippen molar-refractivity contribution < 1.29 is 28.7 Å². The fourth-order valence-corrected chi connectivity index (χ4v) is 2.50. The lowest BCUT2D eigenvalue weighted by molar-refractivity contribution is -0.150. The molecule has 0 heterocycles. The number of ketones is 1. The number of amides is 2. The molecule has 8 nitrogen and oxygen atoms in total. The Morgan fingerprint density at radius 2 is 1.62 bits per heavy atom. The van der Waals surface area contributed by atoms with E-state index in [0.717, 1.165) is 5.56 Å². The first kappa shape index (κ1) is 21.6. The number of rotatable bonds is 10. The molecule has 1 atom stereocenters. The van der Waals surface area contributed by atoms with Crippen molar-refractivity contribution >= 4 is 23.6 Å². The van der Waals surface area contributed by atoms with Crippen LogP contribution in [0.1, 0.15) is 22.8 Å². The fourth-order valence-electron chi connectivity index (χ4n) is 2.50. The minimum absolute atomic E-state index is 0.128. The Balaban J connectivity index is 1.81. The molecule has 152 valence electrons. The van der Waals surface area contributed by atoms with Crippen LogP contribution in [0, 0.1) is 0 Å². The second-order valence-corrected chi connectivity index (χ2v) is 6.23. The van der Waals surface area contributed by atoms with Crippen LogP contribution < -0.4 is 15.8 Å². The largest absolute Gasteiger partial charge is 0.481 e. The highest BCUT2D eigenvalue weighted by atomic mass is 16.6. The number of hydrogen-bond donors (Lipinski definition) is 2. The standard InChI is InChI=1S/C21H22N2O6/c1-14(24)17(11-15-7-3-2-4-8-15)23-19(25)12-29-20(26)13-28-18-10-6-5-9-16(18)21(22)27/h2-10,17H,11-13H2,1H3,(H2,22,27)(H,23,25)/t17-/m1/s1. The Morgan fingerprint density at radius 3 is 2.28 bits per heavy atom. The number of benzene rings is 2. The van der Waals surface area contributed by atoms with Crippen LogP contribution in [0.15, 0.2) is 54.6 Å². The third-order valence-corrected chi connectivity index (χ3v) is 3.97. The summed E-state index contributed by atoms with van der Waals surface area (Å²) in [5, 5.41) is 2.55. The van der Waals surface area contributed by atoms with E-state index < -0.39 is 37.0 Å². The lowest BCUT2D eigenvalue weighted by Crippen LogP contribution is -2.43. The van der Waals surface area contributed by atoms with Gasteiger partial charge >= 0.3 is 5.97 Å². The zero-order valence-corrected chi connectivity index (χ0v) is 15.9. The molecule has 2 aromatic rings. The van der Waals surface area contributed by atoms with E-state index in [9.17, 15) is 19.2 Å². The van der Waals surface area contributed by atoms with Gasteiger partial charge in [0.05, 0.1) is 11.6 Å². The average molecular weight is 398 g/mol. The van der Waals surface area contributed by atoms with Crippen molar-refractivity contribution in [1.29, 1.82) is 0 Å². The molecule has 0 aromatic heterocycles. The molecule has 2 amide bonds. The average Bonchev–Trinajstić information content (AvgIpc) is 2.71. The zero-order valence-electron chi connectivity index (χ0n) is 15.9. The number of esters is 1.